The van der Waals surface area contributed by atoms with Gasteiger partial charge in [-0.05, 0) is 42.5 Å². The number of aromatic nitrogens is 2. The molecule has 4 rings (SSSR count). The maximum Gasteiger partial charge on any atom is 0.273 e. The van der Waals surface area contributed by atoms with Crippen molar-refractivity contribution >= 4 is 16.8 Å². The highest BCUT2D eigenvalue weighted by atomic mass is 35.5. The van der Waals surface area contributed by atoms with Gasteiger partial charge in [0.15, 0.2) is 5.82 Å². The van der Waals surface area contributed by atoms with Gasteiger partial charge in [-0.1, -0.05) is 0 Å². The summed E-state index contributed by atoms with van der Waals surface area (Å²) in [6.45, 7) is 0. The van der Waals surface area contributed by atoms with Gasteiger partial charge in [0.1, 0.15) is 17.2 Å². The van der Waals surface area contributed by atoms with Gasteiger partial charge in [0, 0.05) is 17.5 Å². The Bertz CT molecular complexity index is 756. The number of halogens is 3. The van der Waals surface area contributed by atoms with Crippen LogP contribution in [-0.4, -0.2) is 15.0 Å². The second-order valence-corrected chi connectivity index (χ2v) is 5.64. The first-order valence-electron chi connectivity index (χ1n) is 6.33. The number of hydrogen-bond donors (Lipinski definition) is 0. The van der Waals surface area contributed by atoms with Gasteiger partial charge in [0.2, 0.25) is 0 Å². The Kier molecular flexibility index (Phi) is 2.33. The Balaban J connectivity index is 1.94. The molecule has 20 heavy (non-hydrogen) atoms. The molecular weight excluding hydrogens is 286 g/mol. The van der Waals surface area contributed by atoms with Crippen molar-refractivity contribution in [2.75, 3.05) is 0 Å². The molecule has 1 fully saturated rings. The van der Waals surface area contributed by atoms with Crippen LogP contribution in [0.2, 0.25) is 0 Å². The largest absolute Gasteiger partial charge is 0.274 e. The summed E-state index contributed by atoms with van der Waals surface area (Å²) in [7, 11) is 0. The van der Waals surface area contributed by atoms with Crippen LogP contribution in [0.3, 0.4) is 0 Å². The summed E-state index contributed by atoms with van der Waals surface area (Å²) in [5.74, 6) is -0.528. The van der Waals surface area contributed by atoms with Gasteiger partial charge < -0.3 is 0 Å². The van der Waals surface area contributed by atoms with Crippen LogP contribution < -0.4 is 0 Å². The zero-order valence-electron chi connectivity index (χ0n) is 10.2. The fraction of sp³-hybridized carbons (Fsp3) is 0.286. The lowest BCUT2D eigenvalue weighted by Gasteiger charge is -2.07. The van der Waals surface area contributed by atoms with E-state index >= 15 is 0 Å². The van der Waals surface area contributed by atoms with E-state index in [-0.39, 0.29) is 11.4 Å². The van der Waals surface area contributed by atoms with Crippen molar-refractivity contribution in [1.29, 1.82) is 0 Å². The Morgan fingerprint density at radius 1 is 1.40 bits per heavy atom. The average Bonchev–Trinajstić information content (AvgIpc) is 2.89. The molecule has 0 amide bonds. The number of carbonyl (C=O) groups excluding carboxylic acids is 1. The molecule has 0 aliphatic heterocycles. The highest BCUT2D eigenvalue weighted by Crippen LogP contribution is 2.57. The predicted octanol–water partition coefficient (Wildman–Crippen LogP) is 3.19. The molecule has 0 unspecified atom stereocenters. The van der Waals surface area contributed by atoms with Crippen LogP contribution in [0, 0.1) is 17.6 Å². The van der Waals surface area contributed by atoms with E-state index in [2.05, 4.69) is 5.10 Å². The van der Waals surface area contributed by atoms with Crippen molar-refractivity contribution in [2.45, 2.75) is 18.8 Å². The third-order valence-corrected chi connectivity index (χ3v) is 4.27. The smallest absolute Gasteiger partial charge is 0.273 e. The summed E-state index contributed by atoms with van der Waals surface area (Å²) < 4.78 is 28.4. The molecule has 0 N–H and O–H groups in total. The SMILES string of the molecule is O=C(Cl)c1nn(-c2ccc(F)cc2F)c2c1C[C@H]1C[C@@H]21. The molecule has 6 heteroatoms. The van der Waals surface area contributed by atoms with E-state index in [1.165, 1.54) is 16.8 Å². The van der Waals surface area contributed by atoms with Crippen LogP contribution >= 0.6 is 11.6 Å². The standard InChI is InChI=1S/C14H9ClF2N2O/c15-14(20)12-9-4-6-3-8(6)13(9)19(18-12)11-2-1-7(16)5-10(11)17/h1-2,5-6,8H,3-4H2/t6-,8-/m1/s1. The summed E-state index contributed by atoms with van der Waals surface area (Å²) in [5, 5.41) is 3.51. The number of carbonyl (C=O) groups is 1. The fourth-order valence-electron chi connectivity index (χ4n) is 3.11. The number of hydrogen-bond acceptors (Lipinski definition) is 2. The highest BCUT2D eigenvalue weighted by molar-refractivity contribution is 6.67. The van der Waals surface area contributed by atoms with Gasteiger partial charge in [-0.25, -0.2) is 13.5 Å². The minimum atomic E-state index is -0.701. The zero-order valence-corrected chi connectivity index (χ0v) is 11.0. The normalized spacial score (nSPS) is 22.6. The van der Waals surface area contributed by atoms with E-state index in [9.17, 15) is 13.6 Å². The van der Waals surface area contributed by atoms with Crippen LogP contribution in [0.5, 0.6) is 0 Å². The van der Waals surface area contributed by atoms with E-state index in [4.69, 9.17) is 11.6 Å². The van der Waals surface area contributed by atoms with E-state index < -0.39 is 16.9 Å². The molecule has 1 aromatic carbocycles. The Morgan fingerprint density at radius 3 is 2.90 bits per heavy atom. The van der Waals surface area contributed by atoms with Crippen LogP contribution in [0.25, 0.3) is 5.69 Å². The van der Waals surface area contributed by atoms with Gasteiger partial charge >= 0.3 is 0 Å². The molecule has 2 aromatic rings. The molecule has 102 valence electrons. The third kappa shape index (κ3) is 1.56. The summed E-state index contributed by atoms with van der Waals surface area (Å²) in [4.78, 5) is 11.4. The summed E-state index contributed by atoms with van der Waals surface area (Å²) in [6.07, 6.45) is 1.79. The first kappa shape index (κ1) is 12.0. The molecule has 2 atom stereocenters. The lowest BCUT2D eigenvalue weighted by atomic mass is 10.1. The van der Waals surface area contributed by atoms with Gasteiger partial charge in [-0.2, -0.15) is 5.10 Å². The molecular formula is C14H9ClF2N2O. The van der Waals surface area contributed by atoms with Crippen molar-refractivity contribution in [1.82, 2.24) is 9.78 Å². The fourth-order valence-corrected chi connectivity index (χ4v) is 3.26. The monoisotopic (exact) mass is 294 g/mol. The second-order valence-electron chi connectivity index (χ2n) is 5.30. The summed E-state index contributed by atoms with van der Waals surface area (Å²) in [5.41, 5.74) is 2.01. The minimum Gasteiger partial charge on any atom is -0.274 e. The van der Waals surface area contributed by atoms with E-state index in [0.717, 1.165) is 30.2 Å². The number of nitrogens with zero attached hydrogens (tertiary/aromatic N) is 2. The molecule has 1 aromatic heterocycles. The molecule has 0 radical (unpaired) electrons. The Morgan fingerprint density at radius 2 is 2.20 bits per heavy atom. The first-order chi connectivity index (χ1) is 9.56. The van der Waals surface area contributed by atoms with Crippen molar-refractivity contribution in [3.8, 4) is 5.69 Å². The Hall–Kier alpha value is -1.75. The van der Waals surface area contributed by atoms with Crippen LogP contribution in [-0.2, 0) is 6.42 Å². The molecule has 1 saturated carbocycles. The topological polar surface area (TPSA) is 34.9 Å². The minimum absolute atomic E-state index is 0.152. The summed E-state index contributed by atoms with van der Waals surface area (Å²) in [6, 6.07) is 3.31. The predicted molar refractivity (Wildman–Crippen MR) is 68.2 cm³/mol. The highest BCUT2D eigenvalue weighted by Gasteiger charge is 2.50. The average molecular weight is 295 g/mol. The Labute approximate surface area is 118 Å². The second kappa shape index (κ2) is 3.88. The maximum atomic E-state index is 13.9. The molecule has 0 spiro atoms. The molecule has 3 nitrogen and oxygen atoms in total. The maximum absolute atomic E-state index is 13.9. The van der Waals surface area contributed by atoms with Crippen LogP contribution in [0.4, 0.5) is 8.78 Å². The molecule has 0 saturated heterocycles. The number of fused-ring (bicyclic) bond motifs is 3. The lowest BCUT2D eigenvalue weighted by molar-refractivity contribution is 0.107. The van der Waals surface area contributed by atoms with E-state index in [1.54, 1.807) is 0 Å². The van der Waals surface area contributed by atoms with Crippen molar-refractivity contribution in [3.05, 3.63) is 46.8 Å². The molecule has 2 aliphatic rings. The van der Waals surface area contributed by atoms with Crippen molar-refractivity contribution < 1.29 is 13.6 Å². The van der Waals surface area contributed by atoms with Crippen LogP contribution in [0.15, 0.2) is 18.2 Å². The van der Waals surface area contributed by atoms with Crippen molar-refractivity contribution in [3.63, 3.8) is 0 Å². The van der Waals surface area contributed by atoms with E-state index in [1.807, 2.05) is 0 Å². The third-order valence-electron chi connectivity index (χ3n) is 4.09. The zero-order chi connectivity index (χ0) is 14.0. The van der Waals surface area contributed by atoms with Gasteiger partial charge in [0.05, 0.1) is 5.69 Å². The van der Waals surface area contributed by atoms with Crippen molar-refractivity contribution in [2.24, 2.45) is 5.92 Å². The molecule has 2 aliphatic carbocycles. The van der Waals surface area contributed by atoms with E-state index in [0.29, 0.717) is 11.8 Å². The first-order valence-corrected chi connectivity index (χ1v) is 6.71. The quantitative estimate of drug-likeness (QED) is 0.797. The molecule has 0 bridgehead atoms. The van der Waals surface area contributed by atoms with Gasteiger partial charge in [-0.15, -0.1) is 0 Å². The van der Waals surface area contributed by atoms with Gasteiger partial charge in [-0.3, -0.25) is 4.79 Å². The number of benzene rings is 1. The van der Waals surface area contributed by atoms with Gasteiger partial charge in [0.25, 0.3) is 5.24 Å². The van der Waals surface area contributed by atoms with Crippen LogP contribution in [0.1, 0.15) is 34.1 Å². The summed E-state index contributed by atoms with van der Waals surface area (Å²) >= 11 is 5.55. The lowest BCUT2D eigenvalue weighted by Crippen LogP contribution is -2.05. The number of rotatable bonds is 2. The molecule has 1 heterocycles.